The molecule has 0 saturated carbocycles. The van der Waals surface area contributed by atoms with Gasteiger partial charge >= 0.3 is 5.82 Å². The van der Waals surface area contributed by atoms with Crippen molar-refractivity contribution in [2.45, 2.75) is 19.8 Å². The highest BCUT2D eigenvalue weighted by Gasteiger charge is 2.14. The second kappa shape index (κ2) is 3.68. The summed E-state index contributed by atoms with van der Waals surface area (Å²) in [6, 6.07) is 6.64. The Balaban J connectivity index is 2.79. The van der Waals surface area contributed by atoms with Crippen LogP contribution in [0, 0.1) is 10.1 Å². The van der Waals surface area contributed by atoms with Crippen LogP contribution in [0.25, 0.3) is 11.0 Å². The Morgan fingerprint density at radius 2 is 2.20 bits per heavy atom. The minimum absolute atomic E-state index is 0.270. The van der Waals surface area contributed by atoms with Gasteiger partial charge in [-0.1, -0.05) is 24.0 Å². The Morgan fingerprint density at radius 1 is 1.47 bits per heavy atom. The van der Waals surface area contributed by atoms with E-state index in [1.807, 2.05) is 6.92 Å². The monoisotopic (exact) mass is 205 g/mol. The topological polar surface area (TPSA) is 63.9 Å². The van der Waals surface area contributed by atoms with Crippen LogP contribution in [0.1, 0.15) is 19.2 Å². The Labute approximate surface area is 86.1 Å². The summed E-state index contributed by atoms with van der Waals surface area (Å²) < 4.78 is 0.729. The number of para-hydroxylation sites is 2. The summed E-state index contributed by atoms with van der Waals surface area (Å²) in [6.07, 6.45) is 1.30. The first-order valence-corrected chi connectivity index (χ1v) is 4.85. The zero-order chi connectivity index (χ0) is 10.8. The highest BCUT2D eigenvalue weighted by molar-refractivity contribution is 5.70. The molecule has 78 valence electrons. The minimum Gasteiger partial charge on any atom is -0.772 e. The summed E-state index contributed by atoms with van der Waals surface area (Å²) in [5.74, 6) is 0.270. The van der Waals surface area contributed by atoms with E-state index in [9.17, 15) is 10.1 Å². The van der Waals surface area contributed by atoms with Crippen LogP contribution in [0.5, 0.6) is 0 Å². The molecule has 0 radical (unpaired) electrons. The molecule has 5 heteroatoms. The van der Waals surface area contributed by atoms with Gasteiger partial charge in [0.05, 0.1) is 11.5 Å². The molecule has 0 unspecified atom stereocenters. The van der Waals surface area contributed by atoms with Crippen LogP contribution in [0.4, 0.5) is 0 Å². The fourth-order valence-electron chi connectivity index (χ4n) is 1.51. The highest BCUT2D eigenvalue weighted by Crippen LogP contribution is 2.07. The lowest BCUT2D eigenvalue weighted by atomic mass is 10.3. The minimum atomic E-state index is 0.270. The molecule has 0 amide bonds. The summed E-state index contributed by atoms with van der Waals surface area (Å²) in [5, 5.41) is 15.2. The van der Waals surface area contributed by atoms with Crippen LogP contribution in [0.2, 0.25) is 0 Å². The van der Waals surface area contributed by atoms with Crippen molar-refractivity contribution in [1.82, 2.24) is 9.94 Å². The number of aryl methyl sites for hydroxylation is 1. The lowest BCUT2D eigenvalue weighted by molar-refractivity contribution is -0.480. The van der Waals surface area contributed by atoms with Crippen molar-refractivity contribution in [1.29, 1.82) is 0 Å². The summed E-state index contributed by atoms with van der Waals surface area (Å²) in [5.41, 5.74) is 0.665. The quantitative estimate of drug-likeness (QED) is 0.693. The summed E-state index contributed by atoms with van der Waals surface area (Å²) in [4.78, 5) is 12.3. The van der Waals surface area contributed by atoms with Crippen molar-refractivity contribution in [3.63, 3.8) is 0 Å². The molecule has 0 saturated heterocycles. The van der Waals surface area contributed by atoms with Gasteiger partial charge in [0.25, 0.3) is 0 Å². The maximum Gasteiger partial charge on any atom is 0.367 e. The van der Waals surface area contributed by atoms with Gasteiger partial charge in [-0.15, -0.1) is 0 Å². The molecule has 1 heterocycles. The normalized spacial score (nSPS) is 10.7. The predicted octanol–water partition coefficient (Wildman–Crippen LogP) is 1.25. The molecule has 0 spiro atoms. The number of rotatable bonds is 2. The first kappa shape index (κ1) is 9.64. The molecule has 0 N–H and O–H groups in total. The maximum atomic E-state index is 11.8. The van der Waals surface area contributed by atoms with Gasteiger partial charge in [0.15, 0.2) is 0 Å². The van der Waals surface area contributed by atoms with Crippen LogP contribution in [-0.4, -0.2) is 9.94 Å². The van der Waals surface area contributed by atoms with Gasteiger partial charge in [0, 0.05) is 4.43 Å². The molecule has 1 aromatic carbocycles. The van der Waals surface area contributed by atoms with Crippen molar-refractivity contribution in [2.75, 3.05) is 0 Å². The van der Waals surface area contributed by atoms with E-state index in [0.29, 0.717) is 22.3 Å². The molecule has 2 aromatic rings. The lowest BCUT2D eigenvalue weighted by Gasteiger charge is -2.05. The lowest BCUT2D eigenvalue weighted by Crippen LogP contribution is -2.27. The van der Waals surface area contributed by atoms with Crippen molar-refractivity contribution >= 4 is 11.0 Å². The first-order valence-electron chi connectivity index (χ1n) is 4.85. The zero-order valence-electron chi connectivity index (χ0n) is 8.38. The summed E-state index contributed by atoms with van der Waals surface area (Å²) >= 11 is 0. The number of fused-ring (bicyclic) bond motifs is 1. The Hall–Kier alpha value is -1.91. The number of aromatic nitrogens is 3. The van der Waals surface area contributed by atoms with E-state index in [4.69, 9.17) is 0 Å². The van der Waals surface area contributed by atoms with Crippen molar-refractivity contribution in [3.05, 3.63) is 40.2 Å². The van der Waals surface area contributed by atoms with Crippen LogP contribution in [0.3, 0.4) is 0 Å². The van der Waals surface area contributed by atoms with Gasteiger partial charge in [-0.3, -0.25) is 0 Å². The van der Waals surface area contributed by atoms with Crippen molar-refractivity contribution < 1.29 is 4.43 Å². The van der Waals surface area contributed by atoms with Gasteiger partial charge in [-0.2, -0.15) is 4.85 Å². The Bertz CT molecular complexity index is 548. The predicted molar refractivity (Wildman–Crippen MR) is 55.9 cm³/mol. The summed E-state index contributed by atoms with van der Waals surface area (Å²) in [7, 11) is 0. The van der Waals surface area contributed by atoms with Gasteiger partial charge in [0.2, 0.25) is 5.52 Å². The van der Waals surface area contributed by atoms with E-state index in [-0.39, 0.29) is 5.82 Å². The van der Waals surface area contributed by atoms with Crippen LogP contribution in [-0.2, 0) is 6.42 Å². The SMILES string of the molecule is CCCc1nn([O-])c2ccccc2[n+]1=O. The largest absolute Gasteiger partial charge is 0.772 e. The van der Waals surface area contributed by atoms with E-state index < -0.39 is 0 Å². The Morgan fingerprint density at radius 3 is 2.93 bits per heavy atom. The molecule has 0 aliphatic heterocycles. The average molecular weight is 205 g/mol. The van der Waals surface area contributed by atoms with Crippen molar-refractivity contribution in [2.24, 2.45) is 0 Å². The van der Waals surface area contributed by atoms with Gasteiger partial charge in [0.1, 0.15) is 5.52 Å². The molecule has 2 rings (SSSR count). The fourth-order valence-corrected chi connectivity index (χ4v) is 1.51. The van der Waals surface area contributed by atoms with E-state index >= 15 is 0 Å². The van der Waals surface area contributed by atoms with E-state index in [2.05, 4.69) is 5.10 Å². The van der Waals surface area contributed by atoms with Gasteiger partial charge in [-0.05, 0) is 18.6 Å². The molecule has 5 nitrogen and oxygen atoms in total. The Kier molecular flexibility index (Phi) is 2.37. The maximum absolute atomic E-state index is 11.8. The van der Waals surface area contributed by atoms with E-state index in [1.54, 1.807) is 24.3 Å². The molecule has 0 bridgehead atoms. The van der Waals surface area contributed by atoms with Crippen LogP contribution in [0.15, 0.2) is 24.3 Å². The van der Waals surface area contributed by atoms with Crippen molar-refractivity contribution in [3.8, 4) is 0 Å². The molecule has 1 aromatic heterocycles. The number of nitrogens with zero attached hydrogens (tertiary/aromatic N) is 3. The second-order valence-corrected chi connectivity index (χ2v) is 3.32. The van der Waals surface area contributed by atoms with Crippen LogP contribution >= 0.6 is 0 Å². The molecule has 15 heavy (non-hydrogen) atoms. The number of benzene rings is 1. The van der Waals surface area contributed by atoms with Gasteiger partial charge in [-0.25, -0.2) is 0 Å². The molecule has 0 aliphatic carbocycles. The molecule has 0 atom stereocenters. The molecule has 0 fully saturated rings. The molecular weight excluding hydrogens is 194 g/mol. The highest BCUT2D eigenvalue weighted by atomic mass is 16.5. The number of hydrogen-bond acceptors (Lipinski definition) is 3. The third kappa shape index (κ3) is 1.56. The second-order valence-electron chi connectivity index (χ2n) is 3.32. The third-order valence-electron chi connectivity index (χ3n) is 2.22. The van der Waals surface area contributed by atoms with Crippen LogP contribution < -0.4 is 4.43 Å². The number of hydrogen-bond donors (Lipinski definition) is 0. The van der Waals surface area contributed by atoms with E-state index in [1.165, 1.54) is 0 Å². The standard InChI is InChI=1S/C10H11N3O2/c1-2-5-10-11-13(15)9-7-4-3-6-8(9)12(10)14/h3-4,6-7H,2,5H2,1H3. The summed E-state index contributed by atoms with van der Waals surface area (Å²) in [6.45, 7) is 1.94. The van der Waals surface area contributed by atoms with Gasteiger partial charge < -0.3 is 5.21 Å². The smallest absolute Gasteiger partial charge is 0.367 e. The fraction of sp³-hybridized carbons (Fsp3) is 0.300. The average Bonchev–Trinajstić information content (AvgIpc) is 2.26. The first-order chi connectivity index (χ1) is 7.24. The third-order valence-corrected chi connectivity index (χ3v) is 2.22. The van der Waals surface area contributed by atoms with E-state index in [0.717, 1.165) is 10.8 Å². The zero-order valence-corrected chi connectivity index (χ0v) is 8.38. The molecular formula is C10H11N3O2. The molecule has 0 aliphatic rings.